The molecule has 0 spiro atoms. The lowest BCUT2D eigenvalue weighted by molar-refractivity contribution is -0.121. The van der Waals surface area contributed by atoms with Gasteiger partial charge in [-0.05, 0) is 38.5 Å². The Hall–Kier alpha value is -1.91. The average molecular weight is 309 g/mol. The molecule has 21 heavy (non-hydrogen) atoms. The number of benzene rings is 1. The van der Waals surface area contributed by atoms with Crippen LogP contribution in [0.1, 0.15) is 25.0 Å². The van der Waals surface area contributed by atoms with Crippen molar-refractivity contribution in [2.45, 2.75) is 31.7 Å². The molecule has 0 aliphatic rings. The zero-order chi connectivity index (χ0) is 16.2. The second-order valence-corrected chi connectivity index (χ2v) is 7.09. The first kappa shape index (κ1) is 17.1. The highest BCUT2D eigenvalue weighted by Gasteiger charge is 2.25. The van der Waals surface area contributed by atoms with E-state index in [0.717, 1.165) is 4.31 Å². The summed E-state index contributed by atoms with van der Waals surface area (Å²) in [7, 11) is -2.47. The molecule has 0 atom stereocenters. The molecule has 1 rings (SSSR count). The lowest BCUT2D eigenvalue weighted by atomic mass is 10.2. The number of nitriles is 1. The molecule has 0 unspecified atom stereocenters. The van der Waals surface area contributed by atoms with E-state index in [2.05, 4.69) is 5.32 Å². The number of aryl methyl sites for hydroxylation is 1. The molecular formula is C14H19N3O3S. The Morgan fingerprint density at radius 1 is 1.43 bits per heavy atom. The maximum Gasteiger partial charge on any atom is 0.243 e. The topological polar surface area (TPSA) is 90.3 Å². The molecule has 0 aliphatic heterocycles. The molecule has 0 bridgehead atoms. The molecule has 0 radical (unpaired) electrons. The predicted octanol–water partition coefficient (Wildman–Crippen LogP) is 1.01. The number of nitrogens with one attached hydrogen (secondary N) is 1. The smallest absolute Gasteiger partial charge is 0.243 e. The van der Waals surface area contributed by atoms with E-state index in [9.17, 15) is 13.2 Å². The lowest BCUT2D eigenvalue weighted by Crippen LogP contribution is -2.41. The Bertz CT molecular complexity index is 675. The van der Waals surface area contributed by atoms with Gasteiger partial charge in [0.2, 0.25) is 15.9 Å². The van der Waals surface area contributed by atoms with Crippen LogP contribution in [0.4, 0.5) is 0 Å². The number of carbonyl (C=O) groups excluding carboxylic acids is 1. The summed E-state index contributed by atoms with van der Waals surface area (Å²) < 4.78 is 25.9. The van der Waals surface area contributed by atoms with Crippen LogP contribution in [-0.4, -0.2) is 38.3 Å². The highest BCUT2D eigenvalue weighted by Crippen LogP contribution is 2.20. The maximum absolute atomic E-state index is 12.5. The SMILES string of the molecule is Cc1ccc(C#N)cc1S(=O)(=O)N(C)CC(=O)NC(C)C. The van der Waals surface area contributed by atoms with Gasteiger partial charge in [0.25, 0.3) is 0 Å². The van der Waals surface area contributed by atoms with Crippen LogP contribution < -0.4 is 5.32 Å². The standard InChI is InChI=1S/C14H19N3O3S/c1-10(2)16-14(18)9-17(4)21(19,20)13-7-12(8-15)6-5-11(13)3/h5-7,10H,9H2,1-4H3,(H,16,18). The van der Waals surface area contributed by atoms with Gasteiger partial charge in [0.05, 0.1) is 23.1 Å². The molecule has 1 aromatic carbocycles. The molecule has 0 aliphatic carbocycles. The first-order chi connectivity index (χ1) is 9.68. The van der Waals surface area contributed by atoms with Crippen LogP contribution in [0.2, 0.25) is 0 Å². The Kier molecular flexibility index (Phi) is 5.47. The Morgan fingerprint density at radius 3 is 2.57 bits per heavy atom. The third-order valence-corrected chi connectivity index (χ3v) is 4.77. The number of rotatable bonds is 5. The van der Waals surface area contributed by atoms with E-state index in [1.807, 2.05) is 6.07 Å². The molecule has 6 nitrogen and oxygen atoms in total. The Labute approximate surface area is 125 Å². The second kappa shape index (κ2) is 6.70. The largest absolute Gasteiger partial charge is 0.353 e. The number of sulfonamides is 1. The quantitative estimate of drug-likeness (QED) is 0.879. The van der Waals surface area contributed by atoms with Crippen LogP contribution in [-0.2, 0) is 14.8 Å². The molecule has 114 valence electrons. The monoisotopic (exact) mass is 309 g/mol. The Morgan fingerprint density at radius 2 is 2.05 bits per heavy atom. The summed E-state index contributed by atoms with van der Waals surface area (Å²) in [6.07, 6.45) is 0. The van der Waals surface area contributed by atoms with Gasteiger partial charge in [-0.3, -0.25) is 4.79 Å². The van der Waals surface area contributed by atoms with E-state index in [1.54, 1.807) is 32.9 Å². The maximum atomic E-state index is 12.5. The molecule has 0 saturated heterocycles. The first-order valence-electron chi connectivity index (χ1n) is 6.45. The van der Waals surface area contributed by atoms with Crippen molar-refractivity contribution in [3.63, 3.8) is 0 Å². The molecule has 7 heteroatoms. The highest BCUT2D eigenvalue weighted by molar-refractivity contribution is 7.89. The van der Waals surface area contributed by atoms with Crippen molar-refractivity contribution in [1.29, 1.82) is 5.26 Å². The number of likely N-dealkylation sites (N-methyl/N-ethyl adjacent to an activating group) is 1. The fourth-order valence-corrected chi connectivity index (χ4v) is 3.14. The van der Waals surface area contributed by atoms with Gasteiger partial charge in [0.1, 0.15) is 0 Å². The van der Waals surface area contributed by atoms with Crippen molar-refractivity contribution >= 4 is 15.9 Å². The zero-order valence-corrected chi connectivity index (χ0v) is 13.4. The summed E-state index contributed by atoms with van der Waals surface area (Å²) in [4.78, 5) is 11.7. The van der Waals surface area contributed by atoms with Crippen LogP contribution in [0, 0.1) is 18.3 Å². The summed E-state index contributed by atoms with van der Waals surface area (Å²) in [5.41, 5.74) is 0.796. The van der Waals surface area contributed by atoms with Crippen LogP contribution in [0.3, 0.4) is 0 Å². The van der Waals surface area contributed by atoms with E-state index >= 15 is 0 Å². The predicted molar refractivity (Wildman–Crippen MR) is 79.0 cm³/mol. The van der Waals surface area contributed by atoms with E-state index in [0.29, 0.717) is 5.56 Å². The third kappa shape index (κ3) is 4.28. The van der Waals surface area contributed by atoms with Gasteiger partial charge in [0, 0.05) is 13.1 Å². The van der Waals surface area contributed by atoms with Crippen molar-refractivity contribution in [2.24, 2.45) is 0 Å². The molecule has 0 aromatic heterocycles. The molecule has 1 amide bonds. The number of nitrogens with zero attached hydrogens (tertiary/aromatic N) is 2. The van der Waals surface area contributed by atoms with Gasteiger partial charge in [-0.1, -0.05) is 6.07 Å². The minimum absolute atomic E-state index is 0.0430. The van der Waals surface area contributed by atoms with E-state index < -0.39 is 10.0 Å². The molecule has 0 fully saturated rings. The normalized spacial score (nSPS) is 11.5. The number of amides is 1. The van der Waals surface area contributed by atoms with E-state index in [-0.39, 0.29) is 29.0 Å². The molecule has 1 aromatic rings. The second-order valence-electron chi connectivity index (χ2n) is 5.08. The summed E-state index contributed by atoms with van der Waals surface area (Å²) in [6.45, 7) is 4.98. The van der Waals surface area contributed by atoms with Crippen LogP contribution in [0.25, 0.3) is 0 Å². The number of hydrogen-bond acceptors (Lipinski definition) is 4. The Balaban J connectivity index is 3.06. The van der Waals surface area contributed by atoms with Crippen molar-refractivity contribution in [2.75, 3.05) is 13.6 Å². The third-order valence-electron chi connectivity index (χ3n) is 2.82. The van der Waals surface area contributed by atoms with E-state index in [4.69, 9.17) is 5.26 Å². The van der Waals surface area contributed by atoms with Gasteiger partial charge < -0.3 is 5.32 Å². The van der Waals surface area contributed by atoms with E-state index in [1.165, 1.54) is 13.1 Å². The van der Waals surface area contributed by atoms with Gasteiger partial charge in [-0.25, -0.2) is 8.42 Å². The lowest BCUT2D eigenvalue weighted by Gasteiger charge is -2.19. The van der Waals surface area contributed by atoms with Crippen LogP contribution >= 0.6 is 0 Å². The van der Waals surface area contributed by atoms with Crippen LogP contribution in [0.5, 0.6) is 0 Å². The number of carbonyl (C=O) groups is 1. The van der Waals surface area contributed by atoms with Crippen molar-refractivity contribution in [1.82, 2.24) is 9.62 Å². The van der Waals surface area contributed by atoms with Gasteiger partial charge in [-0.2, -0.15) is 9.57 Å². The minimum atomic E-state index is -3.81. The van der Waals surface area contributed by atoms with Gasteiger partial charge in [0.15, 0.2) is 0 Å². The summed E-state index contributed by atoms with van der Waals surface area (Å²) >= 11 is 0. The summed E-state index contributed by atoms with van der Waals surface area (Å²) in [5, 5.41) is 11.5. The molecule has 0 heterocycles. The molecule has 0 saturated carbocycles. The fourth-order valence-electron chi connectivity index (χ4n) is 1.77. The highest BCUT2D eigenvalue weighted by atomic mass is 32.2. The van der Waals surface area contributed by atoms with Crippen molar-refractivity contribution < 1.29 is 13.2 Å². The molecular weight excluding hydrogens is 290 g/mol. The van der Waals surface area contributed by atoms with Crippen LogP contribution in [0.15, 0.2) is 23.1 Å². The zero-order valence-electron chi connectivity index (χ0n) is 12.5. The minimum Gasteiger partial charge on any atom is -0.353 e. The van der Waals surface area contributed by atoms with Gasteiger partial charge >= 0.3 is 0 Å². The average Bonchev–Trinajstić information content (AvgIpc) is 2.37. The summed E-state index contributed by atoms with van der Waals surface area (Å²) in [6, 6.07) is 6.31. The first-order valence-corrected chi connectivity index (χ1v) is 7.89. The fraction of sp³-hybridized carbons (Fsp3) is 0.429. The number of hydrogen-bond donors (Lipinski definition) is 1. The van der Waals surface area contributed by atoms with Crippen molar-refractivity contribution in [3.05, 3.63) is 29.3 Å². The van der Waals surface area contributed by atoms with Gasteiger partial charge in [-0.15, -0.1) is 0 Å². The molecule has 1 N–H and O–H groups in total. The van der Waals surface area contributed by atoms with Crippen molar-refractivity contribution in [3.8, 4) is 6.07 Å². The summed E-state index contributed by atoms with van der Waals surface area (Å²) in [5.74, 6) is -0.370.